The lowest BCUT2D eigenvalue weighted by atomic mass is 9.97. The second kappa shape index (κ2) is 8.54. The molecule has 0 saturated heterocycles. The first kappa shape index (κ1) is 19.4. The first-order chi connectivity index (χ1) is 13.5. The Bertz CT molecular complexity index is 1030. The molecule has 0 aliphatic carbocycles. The van der Waals surface area contributed by atoms with E-state index in [2.05, 4.69) is 5.32 Å². The van der Waals surface area contributed by atoms with Gasteiger partial charge in [-0.15, -0.1) is 0 Å². The Hall–Kier alpha value is -3.38. The molecule has 1 amide bonds. The number of rotatable bonds is 7. The number of benzene rings is 3. The smallest absolute Gasteiger partial charge is 0.303 e. The highest BCUT2D eigenvalue weighted by atomic mass is 16.5. The fourth-order valence-electron chi connectivity index (χ4n) is 3.09. The minimum Gasteiger partial charge on any atom is -0.496 e. The van der Waals surface area contributed by atoms with Gasteiger partial charge in [-0.25, -0.2) is 0 Å². The van der Waals surface area contributed by atoms with E-state index in [1.54, 1.807) is 7.11 Å². The van der Waals surface area contributed by atoms with Crippen molar-refractivity contribution in [3.8, 4) is 16.9 Å². The van der Waals surface area contributed by atoms with E-state index in [1.165, 1.54) is 0 Å². The maximum atomic E-state index is 11.5. The van der Waals surface area contributed by atoms with E-state index in [0.717, 1.165) is 33.2 Å². The zero-order valence-electron chi connectivity index (χ0n) is 15.6. The van der Waals surface area contributed by atoms with Gasteiger partial charge >= 0.3 is 5.97 Å². The molecular formula is C22H22N2O4. The highest BCUT2D eigenvalue weighted by Crippen LogP contribution is 2.33. The van der Waals surface area contributed by atoms with E-state index in [1.807, 2.05) is 54.6 Å². The lowest BCUT2D eigenvalue weighted by molar-refractivity contribution is -0.137. The summed E-state index contributed by atoms with van der Waals surface area (Å²) in [4.78, 5) is 22.3. The van der Waals surface area contributed by atoms with Gasteiger partial charge in [0, 0.05) is 17.7 Å². The molecule has 4 N–H and O–H groups in total. The highest BCUT2D eigenvalue weighted by Gasteiger charge is 2.10. The van der Waals surface area contributed by atoms with E-state index in [-0.39, 0.29) is 18.9 Å². The summed E-state index contributed by atoms with van der Waals surface area (Å²) in [5.74, 6) is -0.329. The monoisotopic (exact) mass is 378 g/mol. The third-order valence-electron chi connectivity index (χ3n) is 4.51. The number of aryl methyl sites for hydroxylation is 1. The van der Waals surface area contributed by atoms with Gasteiger partial charge in [-0.3, -0.25) is 9.59 Å². The van der Waals surface area contributed by atoms with Crippen LogP contribution in [-0.2, 0) is 16.0 Å². The summed E-state index contributed by atoms with van der Waals surface area (Å²) >= 11 is 0. The molecule has 6 nitrogen and oxygen atoms in total. The van der Waals surface area contributed by atoms with Crippen LogP contribution in [0.3, 0.4) is 0 Å². The summed E-state index contributed by atoms with van der Waals surface area (Å²) < 4.78 is 5.49. The van der Waals surface area contributed by atoms with Gasteiger partial charge in [-0.05, 0) is 58.7 Å². The number of methoxy groups -OCH3 is 1. The standard InChI is InChI=1S/C22H22N2O4/c1-28-20-8-2-14(3-9-22(26)27)10-19(20)17-5-4-16-12-18(24-21(25)13-23)7-6-15(16)11-17/h2,4-8,10-12H,3,9,13,23H2,1H3,(H,24,25)(H,26,27). The van der Waals surface area contributed by atoms with Crippen molar-refractivity contribution in [1.29, 1.82) is 0 Å². The molecular weight excluding hydrogens is 356 g/mol. The van der Waals surface area contributed by atoms with E-state index >= 15 is 0 Å². The second-order valence-electron chi connectivity index (χ2n) is 6.46. The maximum Gasteiger partial charge on any atom is 0.303 e. The van der Waals surface area contributed by atoms with Crippen molar-refractivity contribution in [2.45, 2.75) is 12.8 Å². The molecule has 0 saturated carbocycles. The molecule has 0 spiro atoms. The Labute approximate surface area is 162 Å². The largest absolute Gasteiger partial charge is 0.496 e. The number of carboxylic acid groups (broad SMARTS) is 1. The molecule has 0 aromatic heterocycles. The summed E-state index contributed by atoms with van der Waals surface area (Å²) in [6.45, 7) is -0.0605. The predicted octanol–water partition coefficient (Wildman–Crippen LogP) is 3.43. The molecule has 0 aliphatic rings. The Morgan fingerprint density at radius 1 is 1.04 bits per heavy atom. The van der Waals surface area contributed by atoms with Crippen LogP contribution >= 0.6 is 0 Å². The van der Waals surface area contributed by atoms with Crippen LogP contribution < -0.4 is 15.8 Å². The molecule has 0 heterocycles. The van der Waals surface area contributed by atoms with Crippen molar-refractivity contribution in [1.82, 2.24) is 0 Å². The quantitative estimate of drug-likeness (QED) is 0.585. The summed E-state index contributed by atoms with van der Waals surface area (Å²) in [5.41, 5.74) is 8.86. The van der Waals surface area contributed by atoms with Gasteiger partial charge in [0.1, 0.15) is 5.75 Å². The SMILES string of the molecule is COc1ccc(CCC(=O)O)cc1-c1ccc2cc(NC(=O)CN)ccc2c1. The van der Waals surface area contributed by atoms with E-state index in [0.29, 0.717) is 12.1 Å². The van der Waals surface area contributed by atoms with E-state index in [4.69, 9.17) is 15.6 Å². The minimum atomic E-state index is -0.819. The molecule has 0 aliphatic heterocycles. The molecule has 28 heavy (non-hydrogen) atoms. The lowest BCUT2D eigenvalue weighted by Crippen LogP contribution is -2.21. The lowest BCUT2D eigenvalue weighted by Gasteiger charge is -2.12. The fraction of sp³-hybridized carbons (Fsp3) is 0.182. The average molecular weight is 378 g/mol. The molecule has 3 rings (SSSR count). The summed E-state index contributed by atoms with van der Waals surface area (Å²) in [7, 11) is 1.61. The molecule has 3 aromatic carbocycles. The molecule has 0 unspecified atom stereocenters. The number of nitrogens with two attached hydrogens (primary N) is 1. The number of anilines is 1. The first-order valence-corrected chi connectivity index (χ1v) is 8.93. The van der Waals surface area contributed by atoms with Crippen LogP contribution in [0.25, 0.3) is 21.9 Å². The number of fused-ring (bicyclic) bond motifs is 1. The van der Waals surface area contributed by atoms with Gasteiger partial charge < -0.3 is 20.9 Å². The second-order valence-corrected chi connectivity index (χ2v) is 6.46. The molecule has 0 fully saturated rings. The summed E-state index contributed by atoms with van der Waals surface area (Å²) in [5, 5.41) is 13.7. The number of hydrogen-bond donors (Lipinski definition) is 3. The average Bonchev–Trinajstić information content (AvgIpc) is 2.71. The number of ether oxygens (including phenoxy) is 1. The van der Waals surface area contributed by atoms with Gasteiger partial charge in [0.2, 0.25) is 5.91 Å². The van der Waals surface area contributed by atoms with E-state index < -0.39 is 5.97 Å². The van der Waals surface area contributed by atoms with Crippen molar-refractivity contribution < 1.29 is 19.4 Å². The minimum absolute atomic E-state index is 0.0605. The van der Waals surface area contributed by atoms with Gasteiger partial charge in [-0.2, -0.15) is 0 Å². The topological polar surface area (TPSA) is 102 Å². The number of aliphatic carboxylic acids is 1. The number of carbonyl (C=O) groups excluding carboxylic acids is 1. The molecule has 0 bridgehead atoms. The zero-order chi connectivity index (χ0) is 20.1. The van der Waals surface area contributed by atoms with Gasteiger partial charge in [0.15, 0.2) is 0 Å². The number of nitrogens with one attached hydrogen (secondary N) is 1. The molecule has 0 atom stereocenters. The Morgan fingerprint density at radius 2 is 1.79 bits per heavy atom. The van der Waals surface area contributed by atoms with Crippen LogP contribution in [0, 0.1) is 0 Å². The number of amides is 1. The third-order valence-corrected chi connectivity index (χ3v) is 4.51. The van der Waals surface area contributed by atoms with Crippen LogP contribution in [0.2, 0.25) is 0 Å². The maximum absolute atomic E-state index is 11.5. The van der Waals surface area contributed by atoms with Crippen LogP contribution in [0.1, 0.15) is 12.0 Å². The predicted molar refractivity (Wildman–Crippen MR) is 110 cm³/mol. The van der Waals surface area contributed by atoms with Crippen LogP contribution in [-0.4, -0.2) is 30.6 Å². The number of carbonyl (C=O) groups is 2. The van der Waals surface area contributed by atoms with Crippen LogP contribution in [0.15, 0.2) is 54.6 Å². The Morgan fingerprint density at radius 3 is 2.50 bits per heavy atom. The van der Waals surface area contributed by atoms with Gasteiger partial charge in [0.25, 0.3) is 0 Å². The van der Waals surface area contributed by atoms with Crippen molar-refractivity contribution in [2.24, 2.45) is 5.73 Å². The van der Waals surface area contributed by atoms with E-state index in [9.17, 15) is 9.59 Å². The van der Waals surface area contributed by atoms with Crippen molar-refractivity contribution in [3.05, 3.63) is 60.2 Å². The number of carboxylic acids is 1. The first-order valence-electron chi connectivity index (χ1n) is 8.93. The third kappa shape index (κ3) is 4.47. The molecule has 144 valence electrons. The Kier molecular flexibility index (Phi) is 5.91. The van der Waals surface area contributed by atoms with Crippen LogP contribution in [0.5, 0.6) is 5.75 Å². The van der Waals surface area contributed by atoms with Gasteiger partial charge in [0.05, 0.1) is 13.7 Å². The van der Waals surface area contributed by atoms with Crippen molar-refractivity contribution in [2.75, 3.05) is 19.0 Å². The summed E-state index contributed by atoms with van der Waals surface area (Å²) in [6.07, 6.45) is 0.547. The van der Waals surface area contributed by atoms with Crippen LogP contribution in [0.4, 0.5) is 5.69 Å². The fourth-order valence-corrected chi connectivity index (χ4v) is 3.09. The van der Waals surface area contributed by atoms with Gasteiger partial charge in [-0.1, -0.05) is 24.3 Å². The van der Waals surface area contributed by atoms with Crippen molar-refractivity contribution in [3.63, 3.8) is 0 Å². The molecule has 3 aromatic rings. The summed E-state index contributed by atoms with van der Waals surface area (Å²) in [6, 6.07) is 17.4. The Balaban J connectivity index is 1.96. The molecule has 6 heteroatoms. The normalized spacial score (nSPS) is 10.6. The highest BCUT2D eigenvalue weighted by molar-refractivity contribution is 5.96. The zero-order valence-corrected chi connectivity index (χ0v) is 15.6. The molecule has 0 radical (unpaired) electrons. The number of hydrogen-bond acceptors (Lipinski definition) is 4. The van der Waals surface area contributed by atoms with Crippen molar-refractivity contribution >= 4 is 28.3 Å².